The van der Waals surface area contributed by atoms with Gasteiger partial charge in [-0.05, 0) is 30.5 Å². The van der Waals surface area contributed by atoms with Crippen molar-refractivity contribution in [3.05, 3.63) is 35.4 Å². The number of aliphatic carboxylic acids is 1. The van der Waals surface area contributed by atoms with Gasteiger partial charge in [-0.3, -0.25) is 4.79 Å². The molecule has 1 aromatic carbocycles. The molecule has 21 heavy (non-hydrogen) atoms. The minimum Gasteiger partial charge on any atom is -0.480 e. The maximum absolute atomic E-state index is 12.4. The normalized spacial score (nSPS) is 22.7. The SMILES string of the molecule is O=C(O)[C@@H]1CCCN1C(=O)c1ccc(C2SCCS2)cc1. The molecule has 2 saturated heterocycles. The monoisotopic (exact) mass is 323 g/mol. The third kappa shape index (κ3) is 3.06. The molecule has 2 aliphatic rings. The predicted octanol–water partition coefficient (Wildman–Crippen LogP) is 2.85. The van der Waals surface area contributed by atoms with E-state index in [9.17, 15) is 9.59 Å². The molecule has 0 radical (unpaired) electrons. The number of carboxylic acids is 1. The summed E-state index contributed by atoms with van der Waals surface area (Å²) in [6, 6.07) is 6.98. The van der Waals surface area contributed by atoms with Gasteiger partial charge in [0.15, 0.2) is 0 Å². The summed E-state index contributed by atoms with van der Waals surface area (Å²) in [7, 11) is 0. The van der Waals surface area contributed by atoms with E-state index in [2.05, 4.69) is 0 Å². The Morgan fingerprint density at radius 1 is 1.14 bits per heavy atom. The molecule has 3 rings (SSSR count). The Balaban J connectivity index is 1.74. The number of benzene rings is 1. The quantitative estimate of drug-likeness (QED) is 0.927. The number of hydrogen-bond donors (Lipinski definition) is 1. The average molecular weight is 323 g/mol. The zero-order valence-electron chi connectivity index (χ0n) is 11.5. The number of amides is 1. The number of hydrogen-bond acceptors (Lipinski definition) is 4. The predicted molar refractivity (Wildman–Crippen MR) is 85.8 cm³/mol. The second kappa shape index (κ2) is 6.32. The number of carboxylic acid groups (broad SMARTS) is 1. The van der Waals surface area contributed by atoms with Crippen molar-refractivity contribution in [3.8, 4) is 0 Å². The number of rotatable bonds is 3. The van der Waals surface area contributed by atoms with Gasteiger partial charge in [-0.2, -0.15) is 0 Å². The van der Waals surface area contributed by atoms with Crippen LogP contribution in [-0.2, 0) is 4.79 Å². The van der Waals surface area contributed by atoms with Gasteiger partial charge in [-0.25, -0.2) is 4.79 Å². The molecular formula is C15H17NO3S2. The lowest BCUT2D eigenvalue weighted by molar-refractivity contribution is -0.141. The van der Waals surface area contributed by atoms with Crippen LogP contribution >= 0.6 is 23.5 Å². The van der Waals surface area contributed by atoms with Crippen molar-refractivity contribution < 1.29 is 14.7 Å². The molecule has 1 N–H and O–H groups in total. The van der Waals surface area contributed by atoms with Gasteiger partial charge in [0.25, 0.3) is 5.91 Å². The second-order valence-electron chi connectivity index (χ2n) is 5.19. The Morgan fingerprint density at radius 3 is 2.43 bits per heavy atom. The summed E-state index contributed by atoms with van der Waals surface area (Å²) in [6.45, 7) is 0.534. The minimum atomic E-state index is -0.906. The Morgan fingerprint density at radius 2 is 1.81 bits per heavy atom. The highest BCUT2D eigenvalue weighted by Crippen LogP contribution is 2.45. The largest absolute Gasteiger partial charge is 0.480 e. The van der Waals surface area contributed by atoms with Crippen molar-refractivity contribution in [1.82, 2.24) is 4.90 Å². The van der Waals surface area contributed by atoms with E-state index >= 15 is 0 Å². The maximum atomic E-state index is 12.4. The first-order valence-electron chi connectivity index (χ1n) is 7.04. The smallest absolute Gasteiger partial charge is 0.326 e. The molecule has 1 aromatic rings. The lowest BCUT2D eigenvalue weighted by Crippen LogP contribution is -2.40. The van der Waals surface area contributed by atoms with E-state index in [-0.39, 0.29) is 5.91 Å². The maximum Gasteiger partial charge on any atom is 0.326 e. The molecule has 2 fully saturated rings. The van der Waals surface area contributed by atoms with Crippen LogP contribution in [0.5, 0.6) is 0 Å². The van der Waals surface area contributed by atoms with Gasteiger partial charge >= 0.3 is 5.97 Å². The second-order valence-corrected chi connectivity index (χ2v) is 7.91. The van der Waals surface area contributed by atoms with Gasteiger partial charge in [0.1, 0.15) is 6.04 Å². The first-order valence-corrected chi connectivity index (χ1v) is 9.13. The molecule has 0 saturated carbocycles. The first-order chi connectivity index (χ1) is 10.2. The van der Waals surface area contributed by atoms with E-state index in [1.165, 1.54) is 22.0 Å². The molecule has 2 aliphatic heterocycles. The van der Waals surface area contributed by atoms with Crippen LogP contribution in [0.2, 0.25) is 0 Å². The van der Waals surface area contributed by atoms with E-state index in [1.807, 2.05) is 47.8 Å². The van der Waals surface area contributed by atoms with Gasteiger partial charge in [-0.15, -0.1) is 23.5 Å². The van der Waals surface area contributed by atoms with Crippen molar-refractivity contribution >= 4 is 35.4 Å². The molecule has 4 nitrogen and oxygen atoms in total. The Labute approximate surface area is 132 Å². The summed E-state index contributed by atoms with van der Waals surface area (Å²) >= 11 is 3.86. The Hall–Kier alpha value is -1.14. The number of nitrogens with zero attached hydrogens (tertiary/aromatic N) is 1. The molecule has 0 spiro atoms. The van der Waals surface area contributed by atoms with Crippen LogP contribution < -0.4 is 0 Å². The summed E-state index contributed by atoms with van der Waals surface area (Å²) in [5, 5.41) is 9.17. The zero-order valence-corrected chi connectivity index (χ0v) is 13.2. The summed E-state index contributed by atoms with van der Waals surface area (Å²) in [4.78, 5) is 25.1. The van der Waals surface area contributed by atoms with Gasteiger partial charge in [0.05, 0.1) is 4.58 Å². The van der Waals surface area contributed by atoms with E-state index in [0.717, 1.165) is 6.42 Å². The van der Waals surface area contributed by atoms with Crippen LogP contribution in [0.25, 0.3) is 0 Å². The molecule has 0 unspecified atom stereocenters. The molecule has 0 bridgehead atoms. The third-order valence-corrected chi connectivity index (χ3v) is 6.95. The molecule has 1 atom stereocenters. The number of carbonyl (C=O) groups excluding carboxylic acids is 1. The van der Waals surface area contributed by atoms with Crippen molar-refractivity contribution in [2.45, 2.75) is 23.5 Å². The molecular weight excluding hydrogens is 306 g/mol. The van der Waals surface area contributed by atoms with E-state index < -0.39 is 12.0 Å². The van der Waals surface area contributed by atoms with Crippen LogP contribution in [0, 0.1) is 0 Å². The number of carbonyl (C=O) groups is 2. The molecule has 112 valence electrons. The summed E-state index contributed by atoms with van der Waals surface area (Å²) in [5.41, 5.74) is 1.81. The summed E-state index contributed by atoms with van der Waals surface area (Å²) < 4.78 is 0.465. The van der Waals surface area contributed by atoms with E-state index in [4.69, 9.17) is 5.11 Å². The van der Waals surface area contributed by atoms with E-state index in [1.54, 1.807) is 0 Å². The molecule has 2 heterocycles. The minimum absolute atomic E-state index is 0.168. The van der Waals surface area contributed by atoms with E-state index in [0.29, 0.717) is 23.1 Å². The number of likely N-dealkylation sites (tertiary alicyclic amines) is 1. The van der Waals surface area contributed by atoms with Crippen LogP contribution in [0.4, 0.5) is 0 Å². The van der Waals surface area contributed by atoms with Crippen LogP contribution in [0.1, 0.15) is 33.3 Å². The highest BCUT2D eigenvalue weighted by molar-refractivity contribution is 8.19. The Bertz CT molecular complexity index is 540. The lowest BCUT2D eigenvalue weighted by atomic mass is 10.1. The fourth-order valence-corrected chi connectivity index (χ4v) is 5.63. The third-order valence-electron chi connectivity index (χ3n) is 3.85. The van der Waals surface area contributed by atoms with Crippen molar-refractivity contribution in [2.24, 2.45) is 0 Å². The van der Waals surface area contributed by atoms with Gasteiger partial charge < -0.3 is 10.0 Å². The first kappa shape index (κ1) is 14.8. The highest BCUT2D eigenvalue weighted by Gasteiger charge is 2.34. The highest BCUT2D eigenvalue weighted by atomic mass is 32.2. The van der Waals surface area contributed by atoms with Crippen LogP contribution in [0.3, 0.4) is 0 Å². The van der Waals surface area contributed by atoms with Crippen LogP contribution in [0.15, 0.2) is 24.3 Å². The molecule has 1 amide bonds. The zero-order chi connectivity index (χ0) is 14.8. The standard InChI is InChI=1S/C15H17NO3S2/c17-13(16-7-1-2-12(16)14(18)19)10-3-5-11(6-4-10)15-20-8-9-21-15/h3-6,12,15H,1-2,7-9H2,(H,18,19)/t12-/m0/s1. The Kier molecular flexibility index (Phi) is 4.45. The topological polar surface area (TPSA) is 57.6 Å². The summed E-state index contributed by atoms with van der Waals surface area (Å²) in [5.74, 6) is 1.27. The van der Waals surface area contributed by atoms with Gasteiger partial charge in [0.2, 0.25) is 0 Å². The van der Waals surface area contributed by atoms with Gasteiger partial charge in [0, 0.05) is 23.6 Å². The van der Waals surface area contributed by atoms with Crippen molar-refractivity contribution in [3.63, 3.8) is 0 Å². The molecule has 0 aromatic heterocycles. The fraction of sp³-hybridized carbons (Fsp3) is 0.467. The molecule has 6 heteroatoms. The van der Waals surface area contributed by atoms with Gasteiger partial charge in [-0.1, -0.05) is 12.1 Å². The lowest BCUT2D eigenvalue weighted by Gasteiger charge is -2.21. The fourth-order valence-electron chi connectivity index (χ4n) is 2.77. The molecule has 0 aliphatic carbocycles. The van der Waals surface area contributed by atoms with Crippen LogP contribution in [-0.4, -0.2) is 46.0 Å². The van der Waals surface area contributed by atoms with Crippen molar-refractivity contribution in [2.75, 3.05) is 18.1 Å². The average Bonchev–Trinajstić information content (AvgIpc) is 3.18. The number of thioether (sulfide) groups is 2. The summed E-state index contributed by atoms with van der Waals surface area (Å²) in [6.07, 6.45) is 1.31. The van der Waals surface area contributed by atoms with Crippen molar-refractivity contribution in [1.29, 1.82) is 0 Å².